The minimum atomic E-state index is 0.574. The Labute approximate surface area is 96.7 Å². The number of hydrogen-bond acceptors (Lipinski definition) is 3. The number of pyridine rings is 1. The third-order valence-corrected chi connectivity index (χ3v) is 3.33. The van der Waals surface area contributed by atoms with E-state index in [0.717, 1.165) is 24.2 Å². The van der Waals surface area contributed by atoms with Crippen molar-refractivity contribution < 1.29 is 0 Å². The summed E-state index contributed by atoms with van der Waals surface area (Å²) < 4.78 is 0. The van der Waals surface area contributed by atoms with Crippen molar-refractivity contribution in [2.45, 2.75) is 38.6 Å². The highest BCUT2D eigenvalue weighted by Gasteiger charge is 2.22. The van der Waals surface area contributed by atoms with Crippen LogP contribution in [0.2, 0.25) is 0 Å². The first kappa shape index (κ1) is 10.9. The second-order valence-corrected chi connectivity index (χ2v) is 4.26. The molecule has 1 unspecified atom stereocenters. The lowest BCUT2D eigenvalue weighted by Gasteiger charge is -2.37. The lowest BCUT2D eigenvalue weighted by Crippen LogP contribution is -2.39. The Balaban J connectivity index is 2.31. The van der Waals surface area contributed by atoms with Gasteiger partial charge in [0.2, 0.25) is 0 Å². The zero-order chi connectivity index (χ0) is 11.4. The molecule has 3 heteroatoms. The smallest absolute Gasteiger partial charge is 0.101 e. The Bertz CT molecular complexity index is 394. The van der Waals surface area contributed by atoms with Gasteiger partial charge in [-0.05, 0) is 31.7 Å². The van der Waals surface area contributed by atoms with Crippen LogP contribution in [0.3, 0.4) is 0 Å². The minimum absolute atomic E-state index is 0.574. The van der Waals surface area contributed by atoms with Crippen molar-refractivity contribution in [1.29, 1.82) is 5.26 Å². The van der Waals surface area contributed by atoms with Crippen LogP contribution < -0.4 is 4.90 Å². The van der Waals surface area contributed by atoms with Crippen LogP contribution in [-0.2, 0) is 0 Å². The fraction of sp³-hybridized carbons (Fsp3) is 0.538. The second-order valence-electron chi connectivity index (χ2n) is 4.26. The Morgan fingerprint density at radius 3 is 3.19 bits per heavy atom. The first-order valence-electron chi connectivity index (χ1n) is 5.97. The van der Waals surface area contributed by atoms with Gasteiger partial charge in [0, 0.05) is 18.8 Å². The highest BCUT2D eigenvalue weighted by atomic mass is 15.2. The molecule has 0 N–H and O–H groups in total. The normalized spacial score (nSPS) is 20.5. The Morgan fingerprint density at radius 2 is 2.44 bits per heavy atom. The molecule has 1 fully saturated rings. The van der Waals surface area contributed by atoms with Crippen LogP contribution in [0.1, 0.15) is 38.2 Å². The number of piperidine rings is 1. The van der Waals surface area contributed by atoms with Gasteiger partial charge in [0.15, 0.2) is 0 Å². The SMILES string of the molecule is CCC1CCCCN1c1cnccc1C#N. The maximum atomic E-state index is 9.10. The molecule has 0 radical (unpaired) electrons. The number of nitrogens with zero attached hydrogens (tertiary/aromatic N) is 3. The molecule has 0 aromatic carbocycles. The predicted octanol–water partition coefficient (Wildman–Crippen LogP) is 2.72. The van der Waals surface area contributed by atoms with E-state index < -0.39 is 0 Å². The van der Waals surface area contributed by atoms with Gasteiger partial charge in [-0.15, -0.1) is 0 Å². The lowest BCUT2D eigenvalue weighted by atomic mass is 9.98. The van der Waals surface area contributed by atoms with Crippen molar-refractivity contribution in [2.24, 2.45) is 0 Å². The fourth-order valence-electron chi connectivity index (χ4n) is 2.45. The van der Waals surface area contributed by atoms with E-state index >= 15 is 0 Å². The molecule has 1 saturated heterocycles. The summed E-state index contributed by atoms with van der Waals surface area (Å²) in [6.45, 7) is 3.27. The van der Waals surface area contributed by atoms with Gasteiger partial charge < -0.3 is 4.90 Å². The summed E-state index contributed by atoms with van der Waals surface area (Å²) in [4.78, 5) is 6.50. The van der Waals surface area contributed by atoms with Crippen molar-refractivity contribution in [2.75, 3.05) is 11.4 Å². The van der Waals surface area contributed by atoms with Crippen molar-refractivity contribution in [3.05, 3.63) is 24.0 Å². The molecule has 16 heavy (non-hydrogen) atoms. The summed E-state index contributed by atoms with van der Waals surface area (Å²) in [5, 5.41) is 9.10. The predicted molar refractivity (Wildman–Crippen MR) is 64.2 cm³/mol. The number of aromatic nitrogens is 1. The van der Waals surface area contributed by atoms with Gasteiger partial charge in [0.05, 0.1) is 17.4 Å². The van der Waals surface area contributed by atoms with Crippen molar-refractivity contribution in [3.8, 4) is 6.07 Å². The van der Waals surface area contributed by atoms with Gasteiger partial charge in [0.25, 0.3) is 0 Å². The number of rotatable bonds is 2. The van der Waals surface area contributed by atoms with Crippen LogP contribution >= 0.6 is 0 Å². The van der Waals surface area contributed by atoms with Crippen LogP contribution in [0, 0.1) is 11.3 Å². The fourth-order valence-corrected chi connectivity index (χ4v) is 2.45. The van der Waals surface area contributed by atoms with E-state index in [1.165, 1.54) is 19.3 Å². The molecule has 1 aliphatic heterocycles. The molecule has 0 aliphatic carbocycles. The maximum absolute atomic E-state index is 9.10. The first-order chi connectivity index (χ1) is 7.86. The van der Waals surface area contributed by atoms with Crippen LogP contribution in [0.4, 0.5) is 5.69 Å². The number of hydrogen-bond donors (Lipinski definition) is 0. The van der Waals surface area contributed by atoms with Crippen molar-refractivity contribution >= 4 is 5.69 Å². The third-order valence-electron chi connectivity index (χ3n) is 3.33. The largest absolute Gasteiger partial charge is 0.366 e. The summed E-state index contributed by atoms with van der Waals surface area (Å²) in [6, 6.07) is 4.63. The van der Waals surface area contributed by atoms with E-state index in [1.807, 2.05) is 6.20 Å². The maximum Gasteiger partial charge on any atom is 0.101 e. The number of nitriles is 1. The minimum Gasteiger partial charge on any atom is -0.366 e. The molecule has 1 aromatic heterocycles. The van der Waals surface area contributed by atoms with E-state index in [2.05, 4.69) is 22.9 Å². The summed E-state index contributed by atoms with van der Waals surface area (Å²) >= 11 is 0. The Hall–Kier alpha value is -1.56. The molecule has 0 bridgehead atoms. The van der Waals surface area contributed by atoms with E-state index in [9.17, 15) is 0 Å². The lowest BCUT2D eigenvalue weighted by molar-refractivity contribution is 0.449. The third kappa shape index (κ3) is 2.01. The van der Waals surface area contributed by atoms with E-state index in [-0.39, 0.29) is 0 Å². The van der Waals surface area contributed by atoms with Gasteiger partial charge in [-0.1, -0.05) is 6.92 Å². The standard InChI is InChI=1S/C13H17N3/c1-2-12-5-3-4-8-16(12)13-10-15-7-6-11(13)9-14/h6-7,10,12H,2-5,8H2,1H3. The molecular formula is C13H17N3. The Morgan fingerprint density at radius 1 is 1.56 bits per heavy atom. The van der Waals surface area contributed by atoms with Crippen molar-refractivity contribution in [3.63, 3.8) is 0 Å². The van der Waals surface area contributed by atoms with Crippen molar-refractivity contribution in [1.82, 2.24) is 4.98 Å². The molecule has 2 rings (SSSR count). The van der Waals surface area contributed by atoms with E-state index in [4.69, 9.17) is 5.26 Å². The molecule has 0 saturated carbocycles. The van der Waals surface area contributed by atoms with Crippen LogP contribution in [0.15, 0.2) is 18.5 Å². The molecule has 1 aliphatic rings. The second kappa shape index (κ2) is 4.98. The molecule has 84 valence electrons. The molecule has 1 aromatic rings. The molecule has 2 heterocycles. The Kier molecular flexibility index (Phi) is 3.40. The molecule has 3 nitrogen and oxygen atoms in total. The zero-order valence-corrected chi connectivity index (χ0v) is 9.69. The van der Waals surface area contributed by atoms with Crippen LogP contribution in [0.5, 0.6) is 0 Å². The highest BCUT2D eigenvalue weighted by Crippen LogP contribution is 2.28. The van der Waals surface area contributed by atoms with Gasteiger partial charge >= 0.3 is 0 Å². The number of anilines is 1. The first-order valence-corrected chi connectivity index (χ1v) is 5.97. The highest BCUT2D eigenvalue weighted by molar-refractivity contribution is 5.58. The topological polar surface area (TPSA) is 39.9 Å². The molecular weight excluding hydrogens is 198 g/mol. The summed E-state index contributed by atoms with van der Waals surface area (Å²) in [5.41, 5.74) is 1.76. The quantitative estimate of drug-likeness (QED) is 0.761. The van der Waals surface area contributed by atoms with Crippen LogP contribution in [-0.4, -0.2) is 17.6 Å². The van der Waals surface area contributed by atoms with Gasteiger partial charge in [-0.2, -0.15) is 5.26 Å². The zero-order valence-electron chi connectivity index (χ0n) is 9.69. The summed E-state index contributed by atoms with van der Waals surface area (Å²) in [5.74, 6) is 0. The van der Waals surface area contributed by atoms with Gasteiger partial charge in [-0.25, -0.2) is 0 Å². The monoisotopic (exact) mass is 215 g/mol. The molecule has 1 atom stereocenters. The average Bonchev–Trinajstić information content (AvgIpc) is 2.38. The van der Waals surface area contributed by atoms with Gasteiger partial charge in [-0.3, -0.25) is 4.98 Å². The molecule has 0 spiro atoms. The van der Waals surface area contributed by atoms with Crippen LogP contribution in [0.25, 0.3) is 0 Å². The van der Waals surface area contributed by atoms with Gasteiger partial charge in [0.1, 0.15) is 6.07 Å². The van der Waals surface area contributed by atoms with E-state index in [1.54, 1.807) is 12.3 Å². The summed E-state index contributed by atoms with van der Waals surface area (Å²) in [7, 11) is 0. The molecule has 0 amide bonds. The summed E-state index contributed by atoms with van der Waals surface area (Å²) in [6.07, 6.45) is 8.41. The average molecular weight is 215 g/mol. The van der Waals surface area contributed by atoms with E-state index in [0.29, 0.717) is 6.04 Å².